The van der Waals surface area contributed by atoms with Crippen LogP contribution in [0, 0.1) is 11.6 Å². The molecule has 1 aliphatic rings. The minimum absolute atomic E-state index is 0.00812. The van der Waals surface area contributed by atoms with Crippen molar-refractivity contribution in [1.82, 2.24) is 9.62 Å². The second kappa shape index (κ2) is 9.85. The fourth-order valence-electron chi connectivity index (χ4n) is 3.78. The number of sulfonamides is 1. The number of carbonyl (C=O) groups is 1. The van der Waals surface area contributed by atoms with Crippen LogP contribution in [0.1, 0.15) is 39.2 Å². The summed E-state index contributed by atoms with van der Waals surface area (Å²) in [6.45, 7) is 5.16. The molecule has 198 valence electrons. The highest BCUT2D eigenvalue weighted by Gasteiger charge is 2.42. The van der Waals surface area contributed by atoms with Crippen molar-refractivity contribution in [2.75, 3.05) is 13.1 Å². The van der Waals surface area contributed by atoms with Gasteiger partial charge in [-0.2, -0.15) is 0 Å². The number of ether oxygens (including phenoxy) is 2. The van der Waals surface area contributed by atoms with Gasteiger partial charge in [0.15, 0.2) is 11.6 Å². The molecule has 1 aliphatic heterocycles. The van der Waals surface area contributed by atoms with E-state index in [1.807, 2.05) is 0 Å². The van der Waals surface area contributed by atoms with E-state index in [-0.39, 0.29) is 36.4 Å². The molecule has 0 saturated carbocycles. The lowest BCUT2D eigenvalue weighted by Gasteiger charge is -2.42. The number of piperidine rings is 1. The Morgan fingerprint density at radius 3 is 2.06 bits per heavy atom. The second-order valence-corrected chi connectivity index (χ2v) is 11.0. The number of hydrogen-bond donors (Lipinski definition) is 1. The molecule has 13 heteroatoms. The lowest BCUT2D eigenvalue weighted by atomic mass is 9.82. The number of nitrogens with zero attached hydrogens (tertiary/aromatic N) is 1. The average Bonchev–Trinajstić information content (AvgIpc) is 2.74. The first-order valence-electron chi connectivity index (χ1n) is 10.8. The number of likely N-dealkylation sites (tertiary alicyclic amines) is 1. The number of benzene rings is 2. The summed E-state index contributed by atoms with van der Waals surface area (Å²) in [7, 11) is -4.35. The van der Waals surface area contributed by atoms with E-state index in [4.69, 9.17) is 4.74 Å². The summed E-state index contributed by atoms with van der Waals surface area (Å²) in [6.07, 6.45) is -5.57. The van der Waals surface area contributed by atoms with Gasteiger partial charge >= 0.3 is 12.5 Å². The SMILES string of the molecule is CC(C)(C)OC(=O)N1CCC(NS(=O)(=O)c2ccc(OC(F)(F)F)cc2)(c2ccc(F)c(F)c2)CC1. The summed E-state index contributed by atoms with van der Waals surface area (Å²) in [5.74, 6) is -2.92. The van der Waals surface area contributed by atoms with Gasteiger partial charge in [0.05, 0.1) is 10.4 Å². The van der Waals surface area contributed by atoms with Crippen LogP contribution in [0.2, 0.25) is 0 Å². The first-order valence-corrected chi connectivity index (χ1v) is 12.3. The maximum absolute atomic E-state index is 14.1. The number of hydrogen-bond acceptors (Lipinski definition) is 5. The summed E-state index contributed by atoms with van der Waals surface area (Å²) in [5.41, 5.74) is -2.06. The van der Waals surface area contributed by atoms with Gasteiger partial charge in [0.25, 0.3) is 0 Å². The summed E-state index contributed by atoms with van der Waals surface area (Å²) in [4.78, 5) is 13.5. The van der Waals surface area contributed by atoms with Crippen molar-refractivity contribution in [3.63, 3.8) is 0 Å². The van der Waals surface area contributed by atoms with E-state index >= 15 is 0 Å². The van der Waals surface area contributed by atoms with Crippen molar-refractivity contribution in [2.24, 2.45) is 0 Å². The Labute approximate surface area is 205 Å². The molecule has 2 aromatic carbocycles. The zero-order valence-electron chi connectivity index (χ0n) is 19.7. The monoisotopic (exact) mass is 536 g/mol. The summed E-state index contributed by atoms with van der Waals surface area (Å²) >= 11 is 0. The normalized spacial score (nSPS) is 16.5. The molecule has 0 bridgehead atoms. The largest absolute Gasteiger partial charge is 0.573 e. The van der Waals surface area contributed by atoms with Crippen LogP contribution in [0.3, 0.4) is 0 Å². The molecule has 0 aliphatic carbocycles. The van der Waals surface area contributed by atoms with Crippen LogP contribution in [0.25, 0.3) is 0 Å². The topological polar surface area (TPSA) is 84.9 Å². The molecule has 1 fully saturated rings. The van der Waals surface area contributed by atoms with Crippen LogP contribution >= 0.6 is 0 Å². The lowest BCUT2D eigenvalue weighted by Crippen LogP contribution is -2.54. The van der Waals surface area contributed by atoms with Gasteiger partial charge in [0.1, 0.15) is 11.4 Å². The summed E-state index contributed by atoms with van der Waals surface area (Å²) in [6, 6.07) is 6.53. The predicted octanol–water partition coefficient (Wildman–Crippen LogP) is 5.07. The molecule has 3 rings (SSSR count). The fourth-order valence-corrected chi connectivity index (χ4v) is 5.23. The minimum Gasteiger partial charge on any atom is -0.444 e. The first-order chi connectivity index (χ1) is 16.5. The van der Waals surface area contributed by atoms with Crippen molar-refractivity contribution in [3.05, 3.63) is 59.7 Å². The third kappa shape index (κ3) is 6.84. The van der Waals surface area contributed by atoms with Crippen LogP contribution < -0.4 is 9.46 Å². The smallest absolute Gasteiger partial charge is 0.444 e. The Morgan fingerprint density at radius 1 is 0.972 bits per heavy atom. The molecule has 36 heavy (non-hydrogen) atoms. The van der Waals surface area contributed by atoms with Crippen LogP contribution in [0.15, 0.2) is 47.4 Å². The van der Waals surface area contributed by atoms with Gasteiger partial charge in [-0.25, -0.2) is 26.7 Å². The Balaban J connectivity index is 1.90. The number of nitrogens with one attached hydrogen (secondary N) is 1. The van der Waals surface area contributed by atoms with Crippen LogP contribution in [-0.2, 0) is 20.3 Å². The van der Waals surface area contributed by atoms with E-state index in [0.29, 0.717) is 0 Å². The van der Waals surface area contributed by atoms with E-state index < -0.39 is 51.0 Å². The van der Waals surface area contributed by atoms with Crippen LogP contribution in [0.4, 0.5) is 26.7 Å². The summed E-state index contributed by atoms with van der Waals surface area (Å²) in [5, 5.41) is 0. The molecule has 0 spiro atoms. The second-order valence-electron chi connectivity index (χ2n) is 9.30. The van der Waals surface area contributed by atoms with Gasteiger partial charge in [-0.15, -0.1) is 13.2 Å². The molecule has 1 amide bonds. The number of halogens is 5. The van der Waals surface area contributed by atoms with Crippen molar-refractivity contribution in [3.8, 4) is 5.75 Å². The van der Waals surface area contributed by atoms with Crippen molar-refractivity contribution in [2.45, 2.75) is 56.0 Å². The Hall–Kier alpha value is -2.93. The molecule has 0 unspecified atom stereocenters. The standard InChI is InChI=1S/C23H25F5N2O5S/c1-21(2,3)35-20(31)30-12-10-22(11-13-30,15-4-9-18(24)19(25)14-15)29-36(32,33)17-7-5-16(6-8-17)34-23(26,27)28/h4-9,14,29H,10-13H2,1-3H3. The highest BCUT2D eigenvalue weighted by molar-refractivity contribution is 7.89. The Kier molecular flexibility index (Phi) is 7.56. The molecule has 7 nitrogen and oxygen atoms in total. The fraction of sp³-hybridized carbons (Fsp3) is 0.435. The van der Waals surface area contributed by atoms with E-state index in [0.717, 1.165) is 36.4 Å². The maximum Gasteiger partial charge on any atom is 0.573 e. The molecular formula is C23H25F5N2O5S. The van der Waals surface area contributed by atoms with Crippen molar-refractivity contribution >= 4 is 16.1 Å². The van der Waals surface area contributed by atoms with Crippen molar-refractivity contribution < 1.29 is 44.6 Å². The molecule has 0 atom stereocenters. The van der Waals surface area contributed by atoms with E-state index in [1.165, 1.54) is 11.0 Å². The number of carbonyl (C=O) groups excluding carboxylic acids is 1. The molecule has 1 heterocycles. The van der Waals surface area contributed by atoms with Gasteiger partial charge in [-0.1, -0.05) is 6.07 Å². The third-order valence-electron chi connectivity index (χ3n) is 5.44. The lowest BCUT2D eigenvalue weighted by molar-refractivity contribution is -0.274. The number of alkyl halides is 3. The van der Waals surface area contributed by atoms with Gasteiger partial charge in [-0.05, 0) is 75.6 Å². The van der Waals surface area contributed by atoms with Crippen LogP contribution in [0.5, 0.6) is 5.75 Å². The van der Waals surface area contributed by atoms with E-state index in [9.17, 15) is 35.2 Å². The summed E-state index contributed by atoms with van der Waals surface area (Å²) < 4.78 is 103. The quantitative estimate of drug-likeness (QED) is 0.540. The zero-order chi connectivity index (χ0) is 26.9. The van der Waals surface area contributed by atoms with Gasteiger partial charge in [0.2, 0.25) is 10.0 Å². The molecule has 0 aromatic heterocycles. The highest BCUT2D eigenvalue weighted by atomic mass is 32.2. The Morgan fingerprint density at radius 2 is 1.56 bits per heavy atom. The van der Waals surface area contributed by atoms with Gasteiger partial charge < -0.3 is 14.4 Å². The number of rotatable bonds is 5. The van der Waals surface area contributed by atoms with Crippen molar-refractivity contribution in [1.29, 1.82) is 0 Å². The third-order valence-corrected chi connectivity index (χ3v) is 6.99. The first kappa shape index (κ1) is 27.7. The predicted molar refractivity (Wildman–Crippen MR) is 119 cm³/mol. The van der Waals surface area contributed by atoms with E-state index in [2.05, 4.69) is 9.46 Å². The Bertz CT molecular complexity index is 1200. The van der Waals surface area contributed by atoms with Crippen LogP contribution in [-0.4, -0.2) is 44.5 Å². The average molecular weight is 537 g/mol. The molecule has 1 N–H and O–H groups in total. The molecule has 1 saturated heterocycles. The van der Waals surface area contributed by atoms with Gasteiger partial charge in [0, 0.05) is 13.1 Å². The molecular weight excluding hydrogens is 511 g/mol. The molecule has 2 aromatic rings. The minimum atomic E-state index is -4.95. The zero-order valence-corrected chi connectivity index (χ0v) is 20.5. The highest BCUT2D eigenvalue weighted by Crippen LogP contribution is 2.36. The maximum atomic E-state index is 14.1. The molecule has 0 radical (unpaired) electrons. The van der Waals surface area contributed by atoms with Gasteiger partial charge in [-0.3, -0.25) is 0 Å². The number of amides is 1. The van der Waals surface area contributed by atoms with E-state index in [1.54, 1.807) is 20.8 Å².